The first kappa shape index (κ1) is 20.8. The minimum atomic E-state index is -0.714. The highest BCUT2D eigenvalue weighted by molar-refractivity contribution is 7.17. The van der Waals surface area contributed by atoms with E-state index in [0.717, 1.165) is 33.7 Å². The van der Waals surface area contributed by atoms with Gasteiger partial charge in [0.15, 0.2) is 0 Å². The second-order valence-corrected chi connectivity index (χ2v) is 8.36. The van der Waals surface area contributed by atoms with Gasteiger partial charge in [-0.15, -0.1) is 11.3 Å². The van der Waals surface area contributed by atoms with Crippen molar-refractivity contribution >= 4 is 33.1 Å². The maximum absolute atomic E-state index is 13.3. The molecule has 2 aromatic heterocycles. The van der Waals surface area contributed by atoms with E-state index in [1.54, 1.807) is 14.0 Å². The molecule has 158 valence electrons. The molecule has 7 heteroatoms. The van der Waals surface area contributed by atoms with Gasteiger partial charge >= 0.3 is 0 Å². The first-order valence-corrected chi connectivity index (χ1v) is 10.8. The molecule has 6 nitrogen and oxygen atoms in total. The molecular formula is C24H23N3O3S. The molecule has 4 aromatic rings. The lowest BCUT2D eigenvalue weighted by molar-refractivity contribution is -0.118. The number of hydrogen-bond acceptors (Lipinski definition) is 5. The van der Waals surface area contributed by atoms with Crippen molar-refractivity contribution in [3.05, 3.63) is 75.7 Å². The first-order chi connectivity index (χ1) is 14.9. The summed E-state index contributed by atoms with van der Waals surface area (Å²) in [5.74, 6) is 0.479. The van der Waals surface area contributed by atoms with Crippen LogP contribution in [-0.4, -0.2) is 22.6 Å². The fourth-order valence-electron chi connectivity index (χ4n) is 3.52. The topological polar surface area (TPSA) is 73.2 Å². The van der Waals surface area contributed by atoms with Gasteiger partial charge in [-0.2, -0.15) is 0 Å². The molecule has 0 radical (unpaired) electrons. The van der Waals surface area contributed by atoms with Gasteiger partial charge in [0.25, 0.3) is 5.56 Å². The zero-order chi connectivity index (χ0) is 22.1. The lowest BCUT2D eigenvalue weighted by Crippen LogP contribution is -2.31. The van der Waals surface area contributed by atoms with Crippen LogP contribution in [0.25, 0.3) is 21.3 Å². The molecule has 0 aliphatic rings. The third-order valence-electron chi connectivity index (χ3n) is 5.36. The highest BCUT2D eigenvalue weighted by Crippen LogP contribution is 2.32. The quantitative estimate of drug-likeness (QED) is 0.483. The van der Waals surface area contributed by atoms with Crippen LogP contribution in [-0.2, 0) is 4.79 Å². The standard InChI is InChI=1S/C24H23N3O3S/c1-14-5-10-20(15(2)11-14)26-22(28)16(3)27-13-25-23-21(24(27)29)19(12-31-23)17-6-8-18(30-4)9-7-17/h5-13,16H,1-4H3,(H,26,28). The number of nitrogens with zero attached hydrogens (tertiary/aromatic N) is 2. The van der Waals surface area contributed by atoms with Crippen LogP contribution in [0.4, 0.5) is 5.69 Å². The van der Waals surface area contributed by atoms with Gasteiger partial charge in [0, 0.05) is 16.6 Å². The number of carbonyl (C=O) groups excluding carboxylic acids is 1. The summed E-state index contributed by atoms with van der Waals surface area (Å²) in [7, 11) is 1.61. The molecule has 0 spiro atoms. The first-order valence-electron chi connectivity index (χ1n) is 9.90. The van der Waals surface area contributed by atoms with Crippen LogP contribution in [0.15, 0.2) is 59.0 Å². The molecule has 31 heavy (non-hydrogen) atoms. The number of benzene rings is 2. The molecule has 0 aliphatic carbocycles. The maximum atomic E-state index is 13.3. The lowest BCUT2D eigenvalue weighted by Gasteiger charge is -2.16. The van der Waals surface area contributed by atoms with Crippen LogP contribution in [0.5, 0.6) is 5.75 Å². The van der Waals surface area contributed by atoms with E-state index in [1.165, 1.54) is 22.2 Å². The van der Waals surface area contributed by atoms with Crippen LogP contribution < -0.4 is 15.6 Å². The molecule has 0 saturated heterocycles. The monoisotopic (exact) mass is 433 g/mol. The smallest absolute Gasteiger partial charge is 0.263 e. The number of aryl methyl sites for hydroxylation is 2. The molecular weight excluding hydrogens is 410 g/mol. The number of rotatable bonds is 5. The van der Waals surface area contributed by atoms with Crippen molar-refractivity contribution in [1.82, 2.24) is 9.55 Å². The number of fused-ring (bicyclic) bond motifs is 1. The van der Waals surface area contributed by atoms with E-state index < -0.39 is 6.04 Å². The van der Waals surface area contributed by atoms with Crippen molar-refractivity contribution in [3.8, 4) is 16.9 Å². The van der Waals surface area contributed by atoms with Crippen LogP contribution in [0.2, 0.25) is 0 Å². The number of amides is 1. The van der Waals surface area contributed by atoms with Crippen molar-refractivity contribution in [1.29, 1.82) is 0 Å². The predicted octanol–water partition coefficient (Wildman–Crippen LogP) is 4.95. The summed E-state index contributed by atoms with van der Waals surface area (Å²) in [6, 6.07) is 12.6. The molecule has 1 unspecified atom stereocenters. The number of methoxy groups -OCH3 is 1. The van der Waals surface area contributed by atoms with Gasteiger partial charge in [-0.25, -0.2) is 4.98 Å². The van der Waals surface area contributed by atoms with Crippen molar-refractivity contribution < 1.29 is 9.53 Å². The lowest BCUT2D eigenvalue weighted by atomic mass is 10.1. The fourth-order valence-corrected chi connectivity index (χ4v) is 4.43. The van der Waals surface area contributed by atoms with E-state index in [-0.39, 0.29) is 11.5 Å². The average Bonchev–Trinajstić information content (AvgIpc) is 3.20. The van der Waals surface area contributed by atoms with E-state index in [0.29, 0.717) is 10.2 Å². The Kier molecular flexibility index (Phi) is 5.61. The number of nitrogens with one attached hydrogen (secondary N) is 1. The second kappa shape index (κ2) is 8.35. The fraction of sp³-hybridized carbons (Fsp3) is 0.208. The van der Waals surface area contributed by atoms with Gasteiger partial charge in [-0.1, -0.05) is 29.8 Å². The number of thiophene rings is 1. The van der Waals surface area contributed by atoms with Crippen molar-refractivity contribution in [2.45, 2.75) is 26.8 Å². The summed E-state index contributed by atoms with van der Waals surface area (Å²) in [6.45, 7) is 5.65. The normalized spacial score (nSPS) is 12.0. The molecule has 2 aromatic carbocycles. The summed E-state index contributed by atoms with van der Waals surface area (Å²) in [5, 5.41) is 5.37. The van der Waals surface area contributed by atoms with Crippen molar-refractivity contribution in [2.24, 2.45) is 0 Å². The van der Waals surface area contributed by atoms with E-state index in [2.05, 4.69) is 10.3 Å². The zero-order valence-electron chi connectivity index (χ0n) is 17.8. The number of anilines is 1. The molecule has 0 aliphatic heterocycles. The average molecular weight is 434 g/mol. The van der Waals surface area contributed by atoms with E-state index in [1.807, 2.05) is 61.7 Å². The van der Waals surface area contributed by atoms with E-state index >= 15 is 0 Å². The van der Waals surface area contributed by atoms with E-state index in [4.69, 9.17) is 4.74 Å². The summed E-state index contributed by atoms with van der Waals surface area (Å²) in [4.78, 5) is 31.3. The van der Waals surface area contributed by atoms with Gasteiger partial charge in [-0.3, -0.25) is 14.2 Å². The summed E-state index contributed by atoms with van der Waals surface area (Å²) in [5.41, 5.74) is 4.30. The minimum absolute atomic E-state index is 0.236. The Morgan fingerprint density at radius 3 is 2.58 bits per heavy atom. The summed E-state index contributed by atoms with van der Waals surface area (Å²) < 4.78 is 6.61. The predicted molar refractivity (Wildman–Crippen MR) is 125 cm³/mol. The van der Waals surface area contributed by atoms with Gasteiger partial charge in [0.05, 0.1) is 18.8 Å². The Morgan fingerprint density at radius 2 is 1.90 bits per heavy atom. The Bertz CT molecular complexity index is 1320. The van der Waals surface area contributed by atoms with Crippen molar-refractivity contribution in [2.75, 3.05) is 12.4 Å². The van der Waals surface area contributed by atoms with Gasteiger partial charge in [-0.05, 0) is 50.1 Å². The number of aromatic nitrogens is 2. The van der Waals surface area contributed by atoms with Crippen LogP contribution in [0.1, 0.15) is 24.1 Å². The van der Waals surface area contributed by atoms with E-state index in [9.17, 15) is 9.59 Å². The van der Waals surface area contributed by atoms with Gasteiger partial charge in [0.1, 0.15) is 16.6 Å². The SMILES string of the molecule is COc1ccc(-c2csc3ncn(C(C)C(=O)Nc4ccc(C)cc4C)c(=O)c23)cc1. The van der Waals surface area contributed by atoms with Gasteiger partial charge < -0.3 is 10.1 Å². The molecule has 2 heterocycles. The van der Waals surface area contributed by atoms with Crippen molar-refractivity contribution in [3.63, 3.8) is 0 Å². The number of ether oxygens (including phenoxy) is 1. The Labute approximate surface area is 184 Å². The summed E-state index contributed by atoms with van der Waals surface area (Å²) >= 11 is 1.41. The molecule has 1 amide bonds. The molecule has 1 N–H and O–H groups in total. The van der Waals surface area contributed by atoms with Crippen LogP contribution >= 0.6 is 11.3 Å². The molecule has 4 rings (SSSR count). The summed E-state index contributed by atoms with van der Waals surface area (Å²) in [6.07, 6.45) is 1.45. The van der Waals surface area contributed by atoms with Crippen LogP contribution in [0, 0.1) is 13.8 Å². The zero-order valence-corrected chi connectivity index (χ0v) is 18.6. The Balaban J connectivity index is 1.69. The third-order valence-corrected chi connectivity index (χ3v) is 6.24. The highest BCUT2D eigenvalue weighted by Gasteiger charge is 2.21. The Hall–Kier alpha value is -3.45. The minimum Gasteiger partial charge on any atom is -0.497 e. The van der Waals surface area contributed by atoms with Gasteiger partial charge in [0.2, 0.25) is 5.91 Å². The molecule has 0 bridgehead atoms. The highest BCUT2D eigenvalue weighted by atomic mass is 32.1. The number of hydrogen-bond donors (Lipinski definition) is 1. The van der Waals surface area contributed by atoms with Crippen LogP contribution in [0.3, 0.4) is 0 Å². The maximum Gasteiger partial charge on any atom is 0.263 e. The molecule has 1 atom stereocenters. The largest absolute Gasteiger partial charge is 0.497 e. The Morgan fingerprint density at radius 1 is 1.16 bits per heavy atom. The molecule has 0 fully saturated rings. The third kappa shape index (κ3) is 3.96. The number of carbonyl (C=O) groups is 1. The molecule has 0 saturated carbocycles. The second-order valence-electron chi connectivity index (χ2n) is 7.50.